The van der Waals surface area contributed by atoms with Crippen molar-refractivity contribution in [3.05, 3.63) is 0 Å². The van der Waals surface area contributed by atoms with E-state index in [-0.39, 0.29) is 12.3 Å². The minimum atomic E-state index is -4.15. The summed E-state index contributed by atoms with van der Waals surface area (Å²) in [5, 5.41) is 9.78. The van der Waals surface area contributed by atoms with Crippen LogP contribution in [-0.4, -0.2) is 17.4 Å². The largest absolute Gasteiger partial charge is 0.393 e. The first kappa shape index (κ1) is 12.8. The Bertz CT molecular complexity index is 200. The van der Waals surface area contributed by atoms with Gasteiger partial charge in [-0.3, -0.25) is 0 Å². The summed E-state index contributed by atoms with van der Waals surface area (Å²) in [6.45, 7) is 3.54. The van der Waals surface area contributed by atoms with Crippen LogP contribution >= 0.6 is 0 Å². The van der Waals surface area contributed by atoms with Crippen molar-refractivity contribution in [1.82, 2.24) is 0 Å². The molecule has 1 aliphatic carbocycles. The second kappa shape index (κ2) is 4.73. The molecule has 0 heterocycles. The van der Waals surface area contributed by atoms with E-state index in [1.807, 2.05) is 0 Å². The van der Waals surface area contributed by atoms with Crippen LogP contribution < -0.4 is 0 Å². The van der Waals surface area contributed by atoms with E-state index in [0.717, 1.165) is 6.42 Å². The molecule has 15 heavy (non-hydrogen) atoms. The van der Waals surface area contributed by atoms with Gasteiger partial charge in [-0.25, -0.2) is 0 Å². The summed E-state index contributed by atoms with van der Waals surface area (Å²) < 4.78 is 38.1. The Morgan fingerprint density at radius 3 is 2.13 bits per heavy atom. The Balaban J connectivity index is 2.74. The van der Waals surface area contributed by atoms with Crippen LogP contribution in [0.1, 0.15) is 39.5 Å². The van der Waals surface area contributed by atoms with E-state index in [9.17, 15) is 18.3 Å². The third-order valence-electron chi connectivity index (χ3n) is 3.36. The van der Waals surface area contributed by atoms with Crippen LogP contribution in [-0.2, 0) is 0 Å². The predicted octanol–water partition coefficient (Wildman–Crippen LogP) is 3.37. The lowest BCUT2D eigenvalue weighted by Crippen LogP contribution is -2.41. The Morgan fingerprint density at radius 1 is 1.13 bits per heavy atom. The van der Waals surface area contributed by atoms with E-state index in [2.05, 4.69) is 0 Å². The van der Waals surface area contributed by atoms with Crippen molar-refractivity contribution >= 4 is 0 Å². The molecule has 1 fully saturated rings. The average molecular weight is 224 g/mol. The first-order valence-corrected chi connectivity index (χ1v) is 5.59. The highest BCUT2D eigenvalue weighted by molar-refractivity contribution is 4.85. The Kier molecular flexibility index (Phi) is 4.04. The molecule has 0 aromatic rings. The van der Waals surface area contributed by atoms with Gasteiger partial charge in [0.25, 0.3) is 0 Å². The molecule has 1 saturated carbocycles. The zero-order valence-corrected chi connectivity index (χ0v) is 9.22. The van der Waals surface area contributed by atoms with Crippen molar-refractivity contribution in [2.24, 2.45) is 17.8 Å². The zero-order valence-electron chi connectivity index (χ0n) is 9.22. The van der Waals surface area contributed by atoms with Crippen LogP contribution in [0.15, 0.2) is 0 Å². The summed E-state index contributed by atoms with van der Waals surface area (Å²) in [7, 11) is 0. The van der Waals surface area contributed by atoms with Crippen molar-refractivity contribution in [3.8, 4) is 0 Å². The number of rotatable bonds is 2. The van der Waals surface area contributed by atoms with Gasteiger partial charge < -0.3 is 5.11 Å². The van der Waals surface area contributed by atoms with Crippen molar-refractivity contribution in [2.75, 3.05) is 0 Å². The van der Waals surface area contributed by atoms with Gasteiger partial charge in [-0.05, 0) is 24.7 Å². The summed E-state index contributed by atoms with van der Waals surface area (Å²) >= 11 is 0. The number of aliphatic hydroxyl groups excluding tert-OH is 1. The third kappa shape index (κ3) is 3.10. The third-order valence-corrected chi connectivity index (χ3v) is 3.36. The number of alkyl halides is 3. The van der Waals surface area contributed by atoms with Crippen LogP contribution in [0.5, 0.6) is 0 Å². The van der Waals surface area contributed by atoms with E-state index in [0.29, 0.717) is 12.8 Å². The van der Waals surface area contributed by atoms with Crippen LogP contribution in [0.4, 0.5) is 13.2 Å². The first-order chi connectivity index (χ1) is 6.84. The van der Waals surface area contributed by atoms with E-state index in [1.165, 1.54) is 0 Å². The Hall–Kier alpha value is -0.250. The molecule has 1 aliphatic rings. The van der Waals surface area contributed by atoms with Crippen LogP contribution in [0.2, 0.25) is 0 Å². The second-order valence-corrected chi connectivity index (χ2v) is 4.83. The molecular formula is C11H19F3O. The highest BCUT2D eigenvalue weighted by Gasteiger charge is 2.47. The smallest absolute Gasteiger partial charge is 0.392 e. The van der Waals surface area contributed by atoms with Crippen molar-refractivity contribution in [2.45, 2.75) is 51.8 Å². The monoisotopic (exact) mass is 224 g/mol. The zero-order chi connectivity index (χ0) is 11.6. The SMILES string of the molecule is CC(C)C(O)C1CCCCC1C(F)(F)F. The number of hydrogen-bond donors (Lipinski definition) is 1. The van der Waals surface area contributed by atoms with Gasteiger partial charge >= 0.3 is 6.18 Å². The maximum Gasteiger partial charge on any atom is 0.392 e. The molecule has 1 N–H and O–H groups in total. The predicted molar refractivity (Wildman–Crippen MR) is 52.3 cm³/mol. The molecule has 0 bridgehead atoms. The fourth-order valence-electron chi connectivity index (χ4n) is 2.47. The van der Waals surface area contributed by atoms with Gasteiger partial charge in [-0.15, -0.1) is 0 Å². The van der Waals surface area contributed by atoms with Crippen LogP contribution in [0.25, 0.3) is 0 Å². The molecule has 0 radical (unpaired) electrons. The molecule has 3 atom stereocenters. The Labute approximate surface area is 88.7 Å². The lowest BCUT2D eigenvalue weighted by Gasteiger charge is -2.37. The van der Waals surface area contributed by atoms with Crippen molar-refractivity contribution in [3.63, 3.8) is 0 Å². The minimum Gasteiger partial charge on any atom is -0.393 e. The quantitative estimate of drug-likeness (QED) is 0.762. The average Bonchev–Trinajstić information content (AvgIpc) is 2.15. The molecule has 0 saturated heterocycles. The Morgan fingerprint density at radius 2 is 1.67 bits per heavy atom. The van der Waals surface area contributed by atoms with Crippen LogP contribution in [0, 0.1) is 17.8 Å². The molecule has 1 rings (SSSR count). The first-order valence-electron chi connectivity index (χ1n) is 5.59. The molecular weight excluding hydrogens is 205 g/mol. The van der Waals surface area contributed by atoms with Gasteiger partial charge in [-0.2, -0.15) is 13.2 Å². The summed E-state index contributed by atoms with van der Waals surface area (Å²) in [6.07, 6.45) is -2.86. The molecule has 0 spiro atoms. The number of halogens is 3. The molecule has 4 heteroatoms. The van der Waals surface area contributed by atoms with Gasteiger partial charge in [0, 0.05) is 0 Å². The van der Waals surface area contributed by atoms with Gasteiger partial charge in [0.05, 0.1) is 12.0 Å². The van der Waals surface area contributed by atoms with E-state index >= 15 is 0 Å². The maximum absolute atomic E-state index is 12.7. The molecule has 90 valence electrons. The highest BCUT2D eigenvalue weighted by Crippen LogP contribution is 2.43. The summed E-state index contributed by atoms with van der Waals surface area (Å²) in [5.41, 5.74) is 0. The fraction of sp³-hybridized carbons (Fsp3) is 1.00. The molecule has 0 aromatic heterocycles. The molecule has 0 aromatic carbocycles. The topological polar surface area (TPSA) is 20.2 Å². The standard InChI is InChI=1S/C11H19F3O/c1-7(2)10(15)8-5-3-4-6-9(8)11(12,13)14/h7-10,15H,3-6H2,1-2H3. The van der Waals surface area contributed by atoms with Crippen molar-refractivity contribution < 1.29 is 18.3 Å². The molecule has 0 aliphatic heterocycles. The normalized spacial score (nSPS) is 30.6. The number of aliphatic hydroxyl groups is 1. The molecule has 1 nitrogen and oxygen atoms in total. The molecule has 0 amide bonds. The van der Waals surface area contributed by atoms with E-state index in [1.54, 1.807) is 13.8 Å². The highest BCUT2D eigenvalue weighted by atomic mass is 19.4. The number of hydrogen-bond acceptors (Lipinski definition) is 1. The summed E-state index contributed by atoms with van der Waals surface area (Å²) in [5.74, 6) is -2.00. The van der Waals surface area contributed by atoms with Crippen LogP contribution in [0.3, 0.4) is 0 Å². The maximum atomic E-state index is 12.7. The lowest BCUT2D eigenvalue weighted by atomic mass is 9.73. The summed E-state index contributed by atoms with van der Waals surface area (Å²) in [4.78, 5) is 0. The molecule has 3 unspecified atom stereocenters. The second-order valence-electron chi connectivity index (χ2n) is 4.83. The van der Waals surface area contributed by atoms with Crippen molar-refractivity contribution in [1.29, 1.82) is 0 Å². The summed E-state index contributed by atoms with van der Waals surface area (Å²) in [6, 6.07) is 0. The van der Waals surface area contributed by atoms with E-state index < -0.39 is 24.1 Å². The van der Waals surface area contributed by atoms with Gasteiger partial charge in [0.2, 0.25) is 0 Å². The van der Waals surface area contributed by atoms with Gasteiger partial charge in [0.1, 0.15) is 0 Å². The van der Waals surface area contributed by atoms with Gasteiger partial charge in [0.15, 0.2) is 0 Å². The van der Waals surface area contributed by atoms with E-state index in [4.69, 9.17) is 0 Å². The van der Waals surface area contributed by atoms with Gasteiger partial charge in [-0.1, -0.05) is 26.7 Å². The minimum absolute atomic E-state index is 0.0991. The fourth-order valence-corrected chi connectivity index (χ4v) is 2.47. The lowest BCUT2D eigenvalue weighted by molar-refractivity contribution is -0.209.